The molecule has 0 fully saturated rings. The molecule has 0 saturated heterocycles. The van der Waals surface area contributed by atoms with Crippen LogP contribution >= 0.6 is 0 Å². The largest absolute Gasteiger partial charge is 0.446 e. The molecule has 3 N–H and O–H groups in total. The molecule has 2 aromatic rings. The first kappa shape index (κ1) is 19.1. The zero-order valence-corrected chi connectivity index (χ0v) is 15.5. The zero-order valence-electron chi connectivity index (χ0n) is 15.5. The normalized spacial score (nSPS) is 11.3. The Labute approximate surface area is 149 Å². The first-order valence-corrected chi connectivity index (χ1v) is 8.78. The van der Waals surface area contributed by atoms with Gasteiger partial charge in [0.1, 0.15) is 0 Å². The summed E-state index contributed by atoms with van der Waals surface area (Å²) >= 11 is 0. The predicted octanol–water partition coefficient (Wildman–Crippen LogP) is 4.18. The lowest BCUT2D eigenvalue weighted by Gasteiger charge is -2.16. The summed E-state index contributed by atoms with van der Waals surface area (Å²) in [5.74, 6) is 0.145. The van der Waals surface area contributed by atoms with E-state index in [1.807, 2.05) is 58.0 Å². The summed E-state index contributed by atoms with van der Waals surface area (Å²) < 4.78 is 7.11. The van der Waals surface area contributed by atoms with Gasteiger partial charge in [0.2, 0.25) is 0 Å². The van der Waals surface area contributed by atoms with Gasteiger partial charge < -0.3 is 15.6 Å². The molecular formula is C20H28N2O3. The highest BCUT2D eigenvalue weighted by atomic mass is 16.6. The molecule has 136 valence electrons. The molecule has 0 bridgehead atoms. The number of nitrogens with zero attached hydrogens (tertiary/aromatic N) is 1. The van der Waals surface area contributed by atoms with E-state index in [2.05, 4.69) is 0 Å². The first-order chi connectivity index (χ1) is 11.9. The lowest BCUT2D eigenvalue weighted by atomic mass is 10.0. The molecule has 1 heterocycles. The molecule has 0 amide bonds. The summed E-state index contributed by atoms with van der Waals surface area (Å²) in [6.07, 6.45) is 0.550. The van der Waals surface area contributed by atoms with E-state index in [-0.39, 0.29) is 24.7 Å². The van der Waals surface area contributed by atoms with Gasteiger partial charge >= 0.3 is 6.09 Å². The number of hydrogen-bond donors (Lipinski definition) is 2. The maximum Gasteiger partial charge on any atom is 0.418 e. The number of para-hydroxylation sites is 1. The van der Waals surface area contributed by atoms with Crippen molar-refractivity contribution < 1.29 is 14.6 Å². The van der Waals surface area contributed by atoms with Crippen molar-refractivity contribution in [3.8, 4) is 11.1 Å². The fourth-order valence-electron chi connectivity index (χ4n) is 2.94. The fraction of sp³-hybridized carbons (Fsp3) is 0.450. The van der Waals surface area contributed by atoms with E-state index in [1.165, 1.54) is 0 Å². The number of aromatic nitrogens is 1. The molecule has 0 atom stereocenters. The highest BCUT2D eigenvalue weighted by molar-refractivity contribution is 5.83. The molecule has 0 aliphatic rings. The molecule has 0 aliphatic carbocycles. The number of rotatable bonds is 6. The van der Waals surface area contributed by atoms with Crippen LogP contribution in [-0.2, 0) is 11.2 Å². The van der Waals surface area contributed by atoms with Crippen LogP contribution in [0.3, 0.4) is 0 Å². The summed E-state index contributed by atoms with van der Waals surface area (Å²) in [7, 11) is 0. The molecule has 1 aromatic heterocycles. The quantitative estimate of drug-likeness (QED) is 0.771. The van der Waals surface area contributed by atoms with Crippen molar-refractivity contribution in [3.63, 3.8) is 0 Å². The van der Waals surface area contributed by atoms with E-state index in [0.717, 1.165) is 22.5 Å². The fourth-order valence-corrected chi connectivity index (χ4v) is 2.94. The summed E-state index contributed by atoms with van der Waals surface area (Å²) in [5, 5.41) is 9.28. The number of carbonyl (C=O) groups is 1. The Balaban J connectivity index is 2.67. The van der Waals surface area contributed by atoms with Crippen molar-refractivity contribution in [1.82, 2.24) is 4.57 Å². The van der Waals surface area contributed by atoms with Crippen molar-refractivity contribution in [3.05, 3.63) is 41.7 Å². The number of nitrogens with two attached hydrogens (primary N) is 1. The number of carbonyl (C=O) groups excluding carboxylic acids is 1. The highest BCUT2D eigenvalue weighted by Crippen LogP contribution is 2.35. The smallest absolute Gasteiger partial charge is 0.418 e. The van der Waals surface area contributed by atoms with Crippen molar-refractivity contribution in [1.29, 1.82) is 0 Å². The van der Waals surface area contributed by atoms with Gasteiger partial charge in [-0.25, -0.2) is 4.79 Å². The minimum absolute atomic E-state index is 0.0606. The van der Waals surface area contributed by atoms with Crippen LogP contribution in [0.1, 0.15) is 51.4 Å². The van der Waals surface area contributed by atoms with Gasteiger partial charge in [-0.2, -0.15) is 0 Å². The topological polar surface area (TPSA) is 77.5 Å². The Morgan fingerprint density at radius 2 is 1.88 bits per heavy atom. The Kier molecular flexibility index (Phi) is 6.26. The number of aliphatic hydroxyl groups is 1. The van der Waals surface area contributed by atoms with Crippen LogP contribution in [0, 0.1) is 0 Å². The number of nitrogen functional groups attached to an aromatic ring is 1. The van der Waals surface area contributed by atoms with Gasteiger partial charge in [0.15, 0.2) is 0 Å². The highest BCUT2D eigenvalue weighted by Gasteiger charge is 2.24. The molecule has 0 spiro atoms. The van der Waals surface area contributed by atoms with E-state index in [1.54, 1.807) is 4.57 Å². The Bertz CT molecular complexity index is 733. The monoisotopic (exact) mass is 344 g/mol. The maximum atomic E-state index is 12.7. The van der Waals surface area contributed by atoms with E-state index in [9.17, 15) is 9.90 Å². The second-order valence-electron chi connectivity index (χ2n) is 6.77. The second-order valence-corrected chi connectivity index (χ2v) is 6.77. The lowest BCUT2D eigenvalue weighted by molar-refractivity contribution is 0.115. The molecule has 2 rings (SSSR count). The minimum Gasteiger partial charge on any atom is -0.446 e. The van der Waals surface area contributed by atoms with E-state index < -0.39 is 0 Å². The average Bonchev–Trinajstić information content (AvgIpc) is 2.92. The number of ether oxygens (including phenoxy) is 1. The third kappa shape index (κ3) is 4.23. The molecule has 0 aliphatic heterocycles. The first-order valence-electron chi connectivity index (χ1n) is 8.78. The van der Waals surface area contributed by atoms with Gasteiger partial charge in [-0.15, -0.1) is 0 Å². The molecule has 0 unspecified atom stereocenters. The number of hydrogen-bond acceptors (Lipinski definition) is 4. The Morgan fingerprint density at radius 3 is 2.44 bits per heavy atom. The molecule has 25 heavy (non-hydrogen) atoms. The molecule has 5 nitrogen and oxygen atoms in total. The van der Waals surface area contributed by atoms with Crippen molar-refractivity contribution in [2.24, 2.45) is 0 Å². The van der Waals surface area contributed by atoms with E-state index in [0.29, 0.717) is 18.5 Å². The number of benzene rings is 1. The Hall–Kier alpha value is -2.27. The Morgan fingerprint density at radius 1 is 1.20 bits per heavy atom. The summed E-state index contributed by atoms with van der Waals surface area (Å²) in [5.41, 5.74) is 10.4. The summed E-state index contributed by atoms with van der Waals surface area (Å²) in [4.78, 5) is 12.7. The average molecular weight is 344 g/mol. The van der Waals surface area contributed by atoms with Gasteiger partial charge in [0.25, 0.3) is 0 Å². The van der Waals surface area contributed by atoms with Gasteiger partial charge in [-0.05, 0) is 44.7 Å². The summed E-state index contributed by atoms with van der Waals surface area (Å²) in [6, 6.07) is 9.64. The van der Waals surface area contributed by atoms with Crippen LogP contribution in [0.4, 0.5) is 10.5 Å². The number of anilines is 1. The number of aliphatic hydroxyl groups excluding tert-OH is 1. The van der Waals surface area contributed by atoms with Gasteiger partial charge in [-0.1, -0.05) is 32.0 Å². The van der Waals surface area contributed by atoms with Crippen LogP contribution in [0.25, 0.3) is 11.1 Å². The SMILES string of the molecule is CC(C)OC(=O)n1c(C(C)C)cc(-c2ccccc2N)c1CCCO. The van der Waals surface area contributed by atoms with Crippen LogP contribution in [0.2, 0.25) is 0 Å². The zero-order chi connectivity index (χ0) is 18.6. The van der Waals surface area contributed by atoms with Crippen LogP contribution in [0.5, 0.6) is 0 Å². The third-order valence-corrected chi connectivity index (χ3v) is 4.06. The standard InChI is InChI=1S/C20H28N2O3/c1-13(2)19-12-16(15-8-5-6-9-17(15)21)18(10-7-11-23)22(19)20(24)25-14(3)4/h5-6,8-9,12-14,23H,7,10-11,21H2,1-4H3. The molecule has 1 aromatic carbocycles. The van der Waals surface area contributed by atoms with Crippen molar-refractivity contribution in [2.75, 3.05) is 12.3 Å². The summed E-state index contributed by atoms with van der Waals surface area (Å²) in [6.45, 7) is 7.82. The third-order valence-electron chi connectivity index (χ3n) is 4.06. The lowest BCUT2D eigenvalue weighted by Crippen LogP contribution is -2.22. The molecular weight excluding hydrogens is 316 g/mol. The maximum absolute atomic E-state index is 12.7. The van der Waals surface area contributed by atoms with Crippen LogP contribution in [0.15, 0.2) is 30.3 Å². The molecule has 0 saturated carbocycles. The van der Waals surface area contributed by atoms with Crippen molar-refractivity contribution in [2.45, 2.75) is 52.6 Å². The van der Waals surface area contributed by atoms with Crippen molar-refractivity contribution >= 4 is 11.8 Å². The molecule has 5 heteroatoms. The van der Waals surface area contributed by atoms with Gasteiger partial charge in [-0.3, -0.25) is 4.57 Å². The van der Waals surface area contributed by atoms with E-state index in [4.69, 9.17) is 10.5 Å². The molecule has 0 radical (unpaired) electrons. The predicted molar refractivity (Wildman–Crippen MR) is 101 cm³/mol. The second kappa shape index (κ2) is 8.21. The van der Waals surface area contributed by atoms with Crippen LogP contribution < -0.4 is 5.73 Å². The van der Waals surface area contributed by atoms with Gasteiger partial charge in [0, 0.05) is 34.8 Å². The van der Waals surface area contributed by atoms with Gasteiger partial charge in [0.05, 0.1) is 6.10 Å². The van der Waals surface area contributed by atoms with Crippen LogP contribution in [-0.4, -0.2) is 28.5 Å². The minimum atomic E-state index is -0.382. The van der Waals surface area contributed by atoms with E-state index >= 15 is 0 Å².